The van der Waals surface area contributed by atoms with Crippen molar-refractivity contribution in [1.82, 2.24) is 0 Å². The summed E-state index contributed by atoms with van der Waals surface area (Å²) in [5.41, 5.74) is 5.17. The van der Waals surface area contributed by atoms with Gasteiger partial charge in [0.1, 0.15) is 0 Å². The molecule has 1 unspecified atom stereocenters. The summed E-state index contributed by atoms with van der Waals surface area (Å²) in [5.74, 6) is 0.689. The fourth-order valence-corrected chi connectivity index (χ4v) is 0.482. The highest BCUT2D eigenvalue weighted by molar-refractivity contribution is 7.80. The molecule has 7 heavy (non-hydrogen) atoms. The van der Waals surface area contributed by atoms with Crippen molar-refractivity contribution in [2.24, 2.45) is 5.73 Å². The zero-order valence-corrected chi connectivity index (χ0v) is 4.86. The summed E-state index contributed by atoms with van der Waals surface area (Å²) in [6, 6.07) is 1.57. The molecule has 2 nitrogen and oxygen atoms in total. The van der Waals surface area contributed by atoms with Crippen LogP contribution in [-0.2, 0) is 0 Å². The summed E-state index contributed by atoms with van der Waals surface area (Å²) < 4.78 is 0. The van der Waals surface area contributed by atoms with Gasteiger partial charge in [0.2, 0.25) is 0 Å². The van der Waals surface area contributed by atoms with Gasteiger partial charge < -0.3 is 5.73 Å². The SMILES string of the molecule is N#CC(N)CCS. The van der Waals surface area contributed by atoms with Gasteiger partial charge in [0.15, 0.2) is 0 Å². The van der Waals surface area contributed by atoms with E-state index < -0.39 is 0 Å². The molecule has 0 aromatic heterocycles. The summed E-state index contributed by atoms with van der Waals surface area (Å²) >= 11 is 3.88. The summed E-state index contributed by atoms with van der Waals surface area (Å²) in [6.45, 7) is 0. The lowest BCUT2D eigenvalue weighted by molar-refractivity contribution is 0.805. The number of nitriles is 1. The van der Waals surface area contributed by atoms with E-state index in [1.54, 1.807) is 0 Å². The van der Waals surface area contributed by atoms with Crippen LogP contribution in [0.5, 0.6) is 0 Å². The maximum atomic E-state index is 8.06. The highest BCUT2D eigenvalue weighted by Gasteiger charge is 1.93. The number of hydrogen-bond acceptors (Lipinski definition) is 3. The Morgan fingerprint density at radius 2 is 2.43 bits per heavy atom. The van der Waals surface area contributed by atoms with Crippen molar-refractivity contribution < 1.29 is 0 Å². The standard InChI is InChI=1S/C4H8N2S/c5-3-4(6)1-2-7/h4,7H,1-2,6H2. The van der Waals surface area contributed by atoms with E-state index in [0.717, 1.165) is 0 Å². The molecule has 0 fully saturated rings. The Morgan fingerprint density at radius 1 is 1.86 bits per heavy atom. The van der Waals surface area contributed by atoms with Gasteiger partial charge in [-0.25, -0.2) is 0 Å². The molecule has 0 aromatic carbocycles. The molecule has 2 N–H and O–H groups in total. The molecule has 0 aromatic rings. The van der Waals surface area contributed by atoms with Crippen molar-refractivity contribution >= 4 is 12.6 Å². The van der Waals surface area contributed by atoms with E-state index in [4.69, 9.17) is 11.0 Å². The second kappa shape index (κ2) is 3.97. The minimum atomic E-state index is -0.322. The third-order valence-electron chi connectivity index (χ3n) is 0.606. The van der Waals surface area contributed by atoms with Crippen molar-refractivity contribution in [2.75, 3.05) is 5.75 Å². The Kier molecular flexibility index (Phi) is 3.86. The van der Waals surface area contributed by atoms with Crippen LogP contribution in [-0.4, -0.2) is 11.8 Å². The predicted molar refractivity (Wildman–Crippen MR) is 32.1 cm³/mol. The minimum absolute atomic E-state index is 0.322. The number of hydrogen-bond donors (Lipinski definition) is 2. The molecular weight excluding hydrogens is 108 g/mol. The molecule has 0 aliphatic carbocycles. The van der Waals surface area contributed by atoms with Crippen LogP contribution in [0.25, 0.3) is 0 Å². The molecule has 0 amide bonds. The molecule has 0 aliphatic rings. The van der Waals surface area contributed by atoms with Crippen LogP contribution in [0.1, 0.15) is 6.42 Å². The summed E-state index contributed by atoms with van der Waals surface area (Å²) in [4.78, 5) is 0. The quantitative estimate of drug-likeness (QED) is 0.505. The van der Waals surface area contributed by atoms with E-state index in [1.807, 2.05) is 6.07 Å². The van der Waals surface area contributed by atoms with E-state index in [-0.39, 0.29) is 6.04 Å². The molecule has 0 saturated carbocycles. The third kappa shape index (κ3) is 3.64. The van der Waals surface area contributed by atoms with Crippen molar-refractivity contribution in [1.29, 1.82) is 5.26 Å². The Balaban J connectivity index is 3.04. The normalized spacial score (nSPS) is 12.7. The van der Waals surface area contributed by atoms with Gasteiger partial charge in [-0.1, -0.05) is 0 Å². The average molecular weight is 116 g/mol. The van der Waals surface area contributed by atoms with E-state index in [2.05, 4.69) is 12.6 Å². The Labute approximate surface area is 48.7 Å². The largest absolute Gasteiger partial charge is 0.316 e. The Bertz CT molecular complexity index is 76.2. The molecule has 1 atom stereocenters. The van der Waals surface area contributed by atoms with Crippen molar-refractivity contribution in [3.8, 4) is 6.07 Å². The second-order valence-electron chi connectivity index (χ2n) is 1.25. The van der Waals surface area contributed by atoms with Crippen LogP contribution in [0, 0.1) is 11.3 Å². The predicted octanol–water partition coefficient (Wildman–Crippen LogP) is 0.157. The Morgan fingerprint density at radius 3 is 2.57 bits per heavy atom. The smallest absolute Gasteiger partial charge is 0.0935 e. The van der Waals surface area contributed by atoms with Gasteiger partial charge in [-0.2, -0.15) is 17.9 Å². The molecule has 40 valence electrons. The lowest BCUT2D eigenvalue weighted by Gasteiger charge is -1.93. The molecule has 0 rings (SSSR count). The van der Waals surface area contributed by atoms with Crippen molar-refractivity contribution in [2.45, 2.75) is 12.5 Å². The fraction of sp³-hybridized carbons (Fsp3) is 0.750. The van der Waals surface area contributed by atoms with Crippen LogP contribution >= 0.6 is 12.6 Å². The molecule has 0 aliphatic heterocycles. The van der Waals surface area contributed by atoms with Crippen LogP contribution < -0.4 is 5.73 Å². The number of nitrogens with two attached hydrogens (primary N) is 1. The second-order valence-corrected chi connectivity index (χ2v) is 1.70. The number of nitrogens with zero attached hydrogens (tertiary/aromatic N) is 1. The third-order valence-corrected chi connectivity index (χ3v) is 0.864. The van der Waals surface area contributed by atoms with Gasteiger partial charge in [0, 0.05) is 0 Å². The fourth-order valence-electron chi connectivity index (χ4n) is 0.204. The maximum absolute atomic E-state index is 8.06. The molecule has 0 spiro atoms. The van der Waals surface area contributed by atoms with Crippen LogP contribution in [0.4, 0.5) is 0 Å². The summed E-state index contributed by atoms with van der Waals surface area (Å²) in [6.07, 6.45) is 0.680. The molecular formula is C4H8N2S. The lowest BCUT2D eigenvalue weighted by atomic mass is 10.3. The van der Waals surface area contributed by atoms with Gasteiger partial charge in [-0.05, 0) is 12.2 Å². The van der Waals surface area contributed by atoms with E-state index in [0.29, 0.717) is 12.2 Å². The van der Waals surface area contributed by atoms with Gasteiger partial charge >= 0.3 is 0 Å². The minimum Gasteiger partial charge on any atom is -0.316 e. The number of rotatable bonds is 2. The van der Waals surface area contributed by atoms with Crippen LogP contribution in [0.15, 0.2) is 0 Å². The van der Waals surface area contributed by atoms with Crippen LogP contribution in [0.2, 0.25) is 0 Å². The van der Waals surface area contributed by atoms with Crippen molar-refractivity contribution in [3.05, 3.63) is 0 Å². The first kappa shape index (κ1) is 6.80. The molecule has 0 heterocycles. The molecule has 0 bridgehead atoms. The first-order chi connectivity index (χ1) is 3.31. The van der Waals surface area contributed by atoms with Crippen molar-refractivity contribution in [3.63, 3.8) is 0 Å². The monoisotopic (exact) mass is 116 g/mol. The Hall–Kier alpha value is -0.200. The summed E-state index contributed by atoms with van der Waals surface area (Å²) in [5, 5.41) is 8.06. The van der Waals surface area contributed by atoms with E-state index in [9.17, 15) is 0 Å². The first-order valence-corrected chi connectivity index (χ1v) is 2.70. The number of thiol groups is 1. The van der Waals surface area contributed by atoms with E-state index in [1.165, 1.54) is 0 Å². The van der Waals surface area contributed by atoms with E-state index >= 15 is 0 Å². The van der Waals surface area contributed by atoms with Gasteiger partial charge in [-0.3, -0.25) is 0 Å². The zero-order chi connectivity index (χ0) is 5.70. The summed E-state index contributed by atoms with van der Waals surface area (Å²) in [7, 11) is 0. The zero-order valence-electron chi connectivity index (χ0n) is 3.96. The molecule has 0 radical (unpaired) electrons. The van der Waals surface area contributed by atoms with Gasteiger partial charge in [-0.15, -0.1) is 0 Å². The first-order valence-electron chi connectivity index (χ1n) is 2.07. The van der Waals surface area contributed by atoms with Crippen LogP contribution in [0.3, 0.4) is 0 Å². The van der Waals surface area contributed by atoms with Gasteiger partial charge in [0.05, 0.1) is 12.1 Å². The lowest BCUT2D eigenvalue weighted by Crippen LogP contribution is -2.16. The maximum Gasteiger partial charge on any atom is 0.0935 e. The highest BCUT2D eigenvalue weighted by atomic mass is 32.1. The molecule has 0 saturated heterocycles. The van der Waals surface area contributed by atoms with Gasteiger partial charge in [0.25, 0.3) is 0 Å². The topological polar surface area (TPSA) is 49.8 Å². The molecule has 3 heteroatoms. The highest BCUT2D eigenvalue weighted by Crippen LogP contribution is 1.86. The average Bonchev–Trinajstić information content (AvgIpc) is 1.68.